The first kappa shape index (κ1) is 15.0. The lowest BCUT2D eigenvalue weighted by Gasteiger charge is -2.23. The van der Waals surface area contributed by atoms with E-state index in [9.17, 15) is 4.79 Å². The van der Waals surface area contributed by atoms with E-state index in [0.29, 0.717) is 13.1 Å². The highest BCUT2D eigenvalue weighted by molar-refractivity contribution is 5.92. The van der Waals surface area contributed by atoms with Crippen LogP contribution in [0.4, 0.5) is 0 Å². The average molecular weight is 279 g/mol. The zero-order valence-corrected chi connectivity index (χ0v) is 12.6. The summed E-state index contributed by atoms with van der Waals surface area (Å²) in [7, 11) is 0. The predicted molar refractivity (Wildman–Crippen MR) is 86.6 cm³/mol. The SMILES string of the molecule is C/C=C(\C)C(=O)N(Cc1ccccc1)Cc1ccccc1. The van der Waals surface area contributed by atoms with Crippen LogP contribution in [-0.2, 0) is 17.9 Å². The summed E-state index contributed by atoms with van der Waals surface area (Å²) in [6.45, 7) is 5.02. The lowest BCUT2D eigenvalue weighted by molar-refractivity contribution is -0.128. The average Bonchev–Trinajstić information content (AvgIpc) is 2.54. The number of amides is 1. The minimum absolute atomic E-state index is 0.0882. The van der Waals surface area contributed by atoms with Gasteiger partial charge < -0.3 is 4.90 Å². The van der Waals surface area contributed by atoms with Crippen molar-refractivity contribution in [2.24, 2.45) is 0 Å². The van der Waals surface area contributed by atoms with Crippen molar-refractivity contribution in [3.63, 3.8) is 0 Å². The molecule has 0 heterocycles. The summed E-state index contributed by atoms with van der Waals surface area (Å²) in [5, 5.41) is 0. The molecule has 2 nitrogen and oxygen atoms in total. The van der Waals surface area contributed by atoms with Crippen LogP contribution in [0.15, 0.2) is 72.3 Å². The van der Waals surface area contributed by atoms with Gasteiger partial charge in [-0.2, -0.15) is 0 Å². The second-order valence-corrected chi connectivity index (χ2v) is 5.10. The van der Waals surface area contributed by atoms with Gasteiger partial charge in [0, 0.05) is 18.7 Å². The molecule has 0 saturated heterocycles. The van der Waals surface area contributed by atoms with Crippen molar-refractivity contribution in [1.29, 1.82) is 0 Å². The zero-order chi connectivity index (χ0) is 15.1. The Bertz CT molecular complexity index is 560. The Balaban J connectivity index is 2.20. The van der Waals surface area contributed by atoms with Crippen molar-refractivity contribution in [1.82, 2.24) is 4.90 Å². The van der Waals surface area contributed by atoms with Crippen LogP contribution in [0.3, 0.4) is 0 Å². The molecule has 0 aliphatic rings. The molecule has 0 fully saturated rings. The van der Waals surface area contributed by atoms with Gasteiger partial charge in [0.15, 0.2) is 0 Å². The summed E-state index contributed by atoms with van der Waals surface area (Å²) in [5.41, 5.74) is 3.07. The number of allylic oxidation sites excluding steroid dienone is 1. The Morgan fingerprint density at radius 2 is 1.33 bits per heavy atom. The molecule has 0 unspecified atom stereocenters. The van der Waals surface area contributed by atoms with Gasteiger partial charge in [0.25, 0.3) is 0 Å². The number of nitrogens with zero attached hydrogens (tertiary/aromatic N) is 1. The Kier molecular flexibility index (Phi) is 5.33. The lowest BCUT2D eigenvalue weighted by atomic mass is 10.1. The van der Waals surface area contributed by atoms with Crippen molar-refractivity contribution in [3.8, 4) is 0 Å². The van der Waals surface area contributed by atoms with Crippen molar-refractivity contribution in [2.75, 3.05) is 0 Å². The molecule has 1 amide bonds. The Morgan fingerprint density at radius 3 is 1.71 bits per heavy atom. The van der Waals surface area contributed by atoms with Gasteiger partial charge in [-0.3, -0.25) is 4.79 Å². The van der Waals surface area contributed by atoms with Crippen molar-refractivity contribution < 1.29 is 4.79 Å². The van der Waals surface area contributed by atoms with Crippen molar-refractivity contribution in [3.05, 3.63) is 83.4 Å². The number of hydrogen-bond donors (Lipinski definition) is 0. The van der Waals surface area contributed by atoms with Gasteiger partial charge in [-0.05, 0) is 25.0 Å². The van der Waals surface area contributed by atoms with Crippen LogP contribution in [0.25, 0.3) is 0 Å². The molecule has 0 N–H and O–H groups in total. The molecule has 0 aliphatic heterocycles. The molecule has 0 spiro atoms. The molecule has 0 saturated carbocycles. The monoisotopic (exact) mass is 279 g/mol. The fourth-order valence-corrected chi connectivity index (χ4v) is 2.18. The highest BCUT2D eigenvalue weighted by Gasteiger charge is 2.15. The normalized spacial score (nSPS) is 11.2. The molecule has 0 aliphatic carbocycles. The Labute approximate surface area is 126 Å². The summed E-state index contributed by atoms with van der Waals surface area (Å²) in [6.07, 6.45) is 1.87. The maximum absolute atomic E-state index is 12.5. The van der Waals surface area contributed by atoms with Crippen LogP contribution >= 0.6 is 0 Å². The Hall–Kier alpha value is -2.35. The number of carbonyl (C=O) groups is 1. The van der Waals surface area contributed by atoms with Gasteiger partial charge in [-0.25, -0.2) is 0 Å². The molecule has 2 aromatic carbocycles. The standard InChI is InChI=1S/C19H21NO/c1-3-16(2)19(21)20(14-17-10-6-4-7-11-17)15-18-12-8-5-9-13-18/h3-13H,14-15H2,1-2H3/b16-3+. The van der Waals surface area contributed by atoms with E-state index in [2.05, 4.69) is 24.3 Å². The maximum atomic E-state index is 12.5. The first-order chi connectivity index (χ1) is 10.2. The fraction of sp³-hybridized carbons (Fsp3) is 0.211. The summed E-state index contributed by atoms with van der Waals surface area (Å²) in [5.74, 6) is 0.0882. The van der Waals surface area contributed by atoms with Crippen molar-refractivity contribution >= 4 is 5.91 Å². The number of rotatable bonds is 5. The van der Waals surface area contributed by atoms with Crippen LogP contribution in [0.2, 0.25) is 0 Å². The largest absolute Gasteiger partial charge is 0.330 e. The smallest absolute Gasteiger partial charge is 0.249 e. The maximum Gasteiger partial charge on any atom is 0.249 e. The second-order valence-electron chi connectivity index (χ2n) is 5.10. The molecule has 21 heavy (non-hydrogen) atoms. The highest BCUT2D eigenvalue weighted by atomic mass is 16.2. The molecule has 0 atom stereocenters. The van der Waals surface area contributed by atoms with Gasteiger partial charge in [-0.15, -0.1) is 0 Å². The summed E-state index contributed by atoms with van der Waals surface area (Å²) in [4.78, 5) is 14.4. The minimum Gasteiger partial charge on any atom is -0.330 e. The number of hydrogen-bond acceptors (Lipinski definition) is 1. The van der Waals surface area contributed by atoms with Gasteiger partial charge in [-0.1, -0.05) is 66.7 Å². The van der Waals surface area contributed by atoms with Crippen LogP contribution in [0, 0.1) is 0 Å². The molecular formula is C19H21NO. The highest BCUT2D eigenvalue weighted by Crippen LogP contribution is 2.13. The van der Waals surface area contributed by atoms with E-state index in [0.717, 1.165) is 16.7 Å². The molecule has 0 bridgehead atoms. The lowest BCUT2D eigenvalue weighted by Crippen LogP contribution is -2.30. The van der Waals surface area contributed by atoms with E-state index in [4.69, 9.17) is 0 Å². The number of benzene rings is 2. The predicted octanol–water partition coefficient (Wildman–Crippen LogP) is 4.18. The van der Waals surface area contributed by atoms with E-state index in [1.54, 1.807) is 0 Å². The second kappa shape index (κ2) is 7.44. The molecule has 2 heteroatoms. The molecule has 108 valence electrons. The number of carbonyl (C=O) groups excluding carboxylic acids is 1. The third-order valence-electron chi connectivity index (χ3n) is 3.49. The summed E-state index contributed by atoms with van der Waals surface area (Å²) < 4.78 is 0. The first-order valence-corrected chi connectivity index (χ1v) is 7.20. The third-order valence-corrected chi connectivity index (χ3v) is 3.49. The van der Waals surface area contributed by atoms with Crippen LogP contribution < -0.4 is 0 Å². The van der Waals surface area contributed by atoms with Gasteiger partial charge in [0.2, 0.25) is 5.91 Å². The van der Waals surface area contributed by atoms with Gasteiger partial charge in [0.1, 0.15) is 0 Å². The molecule has 2 aromatic rings. The first-order valence-electron chi connectivity index (χ1n) is 7.20. The zero-order valence-electron chi connectivity index (χ0n) is 12.6. The fourth-order valence-electron chi connectivity index (χ4n) is 2.18. The Morgan fingerprint density at radius 1 is 0.905 bits per heavy atom. The van der Waals surface area contributed by atoms with Crippen LogP contribution in [0.5, 0.6) is 0 Å². The van der Waals surface area contributed by atoms with Crippen molar-refractivity contribution in [2.45, 2.75) is 26.9 Å². The molecule has 0 aromatic heterocycles. The van der Waals surface area contributed by atoms with Gasteiger partial charge in [0.05, 0.1) is 0 Å². The summed E-state index contributed by atoms with van der Waals surface area (Å²) >= 11 is 0. The topological polar surface area (TPSA) is 20.3 Å². The summed E-state index contributed by atoms with van der Waals surface area (Å²) in [6, 6.07) is 20.2. The van der Waals surface area contributed by atoms with E-state index in [-0.39, 0.29) is 5.91 Å². The molecule has 0 radical (unpaired) electrons. The quantitative estimate of drug-likeness (QED) is 0.752. The third kappa shape index (κ3) is 4.32. The van der Waals surface area contributed by atoms with E-state index in [1.165, 1.54) is 0 Å². The van der Waals surface area contributed by atoms with E-state index in [1.807, 2.05) is 61.2 Å². The van der Waals surface area contributed by atoms with Crippen LogP contribution in [0.1, 0.15) is 25.0 Å². The van der Waals surface area contributed by atoms with Crippen LogP contribution in [-0.4, -0.2) is 10.8 Å². The molecular weight excluding hydrogens is 258 g/mol. The van der Waals surface area contributed by atoms with E-state index >= 15 is 0 Å². The van der Waals surface area contributed by atoms with E-state index < -0.39 is 0 Å². The molecule has 2 rings (SSSR count). The van der Waals surface area contributed by atoms with Gasteiger partial charge >= 0.3 is 0 Å². The minimum atomic E-state index is 0.0882.